The van der Waals surface area contributed by atoms with Gasteiger partial charge in [0.1, 0.15) is 0 Å². The van der Waals surface area contributed by atoms with Crippen molar-refractivity contribution >= 4 is 0 Å². The van der Waals surface area contributed by atoms with Gasteiger partial charge in [0.25, 0.3) is 0 Å². The Morgan fingerprint density at radius 2 is 1.71 bits per heavy atom. The van der Waals surface area contributed by atoms with Crippen LogP contribution in [0.3, 0.4) is 0 Å². The van der Waals surface area contributed by atoms with Crippen LogP contribution in [0.25, 0.3) is 5.69 Å². The topological polar surface area (TPSA) is 59.8 Å². The number of hydrogen-bond acceptors (Lipinski definition) is 5. The summed E-state index contributed by atoms with van der Waals surface area (Å²) in [7, 11) is 1.64. The Labute approximate surface area is 185 Å². The predicted octanol–water partition coefficient (Wildman–Crippen LogP) is 4.83. The quantitative estimate of drug-likeness (QED) is 0.479. The van der Waals surface area contributed by atoms with Crippen molar-refractivity contribution in [3.63, 3.8) is 0 Å². The minimum atomic E-state index is -0.403. The fourth-order valence-corrected chi connectivity index (χ4v) is 3.73. The summed E-state index contributed by atoms with van der Waals surface area (Å²) in [6.45, 7) is 8.21. The molecule has 1 heterocycles. The van der Waals surface area contributed by atoms with Gasteiger partial charge < -0.3 is 14.6 Å². The number of methoxy groups -OCH3 is 1. The molecular formula is C25H33N3O3. The highest BCUT2D eigenvalue weighted by Crippen LogP contribution is 2.36. The van der Waals surface area contributed by atoms with Crippen molar-refractivity contribution in [1.29, 1.82) is 0 Å². The van der Waals surface area contributed by atoms with E-state index in [0.717, 1.165) is 36.3 Å². The first-order chi connectivity index (χ1) is 15.1. The molecule has 1 aromatic heterocycles. The van der Waals surface area contributed by atoms with Crippen LogP contribution in [0.1, 0.15) is 38.4 Å². The average molecular weight is 424 g/mol. The maximum Gasteiger partial charge on any atom is 0.227 e. The lowest BCUT2D eigenvalue weighted by atomic mass is 10.1. The third kappa shape index (κ3) is 5.66. The molecule has 6 nitrogen and oxygen atoms in total. The summed E-state index contributed by atoms with van der Waals surface area (Å²) in [5.41, 5.74) is 2.96. The third-order valence-corrected chi connectivity index (χ3v) is 5.07. The van der Waals surface area contributed by atoms with Crippen LogP contribution in [0.4, 0.5) is 0 Å². The van der Waals surface area contributed by atoms with Crippen molar-refractivity contribution in [2.45, 2.75) is 46.3 Å². The van der Waals surface area contributed by atoms with E-state index in [2.05, 4.69) is 18.7 Å². The lowest BCUT2D eigenvalue weighted by molar-refractivity contribution is 0.121. The highest BCUT2D eigenvalue weighted by Gasteiger charge is 2.23. The molecule has 1 atom stereocenters. The van der Waals surface area contributed by atoms with Gasteiger partial charge in [0.05, 0.1) is 30.2 Å². The van der Waals surface area contributed by atoms with E-state index in [1.54, 1.807) is 7.11 Å². The van der Waals surface area contributed by atoms with Crippen molar-refractivity contribution in [2.75, 3.05) is 20.2 Å². The molecule has 166 valence electrons. The fourth-order valence-electron chi connectivity index (χ4n) is 3.73. The molecule has 1 N–H and O–H groups in total. The third-order valence-electron chi connectivity index (χ3n) is 5.07. The molecular weight excluding hydrogens is 390 g/mol. The monoisotopic (exact) mass is 423 g/mol. The number of aliphatic hydroxyl groups excluding tert-OH is 1. The smallest absolute Gasteiger partial charge is 0.227 e. The summed E-state index contributed by atoms with van der Waals surface area (Å²) in [6, 6.07) is 17.6. The number of aryl methyl sites for hydroxylation is 1. The van der Waals surface area contributed by atoms with E-state index in [1.807, 2.05) is 66.2 Å². The molecule has 0 radical (unpaired) electrons. The number of aromatic nitrogens is 2. The first-order valence-electron chi connectivity index (χ1n) is 10.9. The van der Waals surface area contributed by atoms with Crippen LogP contribution in [0.15, 0.2) is 54.6 Å². The van der Waals surface area contributed by atoms with E-state index in [1.165, 1.54) is 0 Å². The molecule has 0 aliphatic carbocycles. The molecule has 0 saturated carbocycles. The number of ether oxygens (including phenoxy) is 2. The molecule has 0 aliphatic heterocycles. The Balaban J connectivity index is 2.10. The highest BCUT2D eigenvalue weighted by molar-refractivity contribution is 5.47. The second kappa shape index (κ2) is 11.0. The second-order valence-corrected chi connectivity index (χ2v) is 7.67. The number of aliphatic hydroxyl groups is 1. The van der Waals surface area contributed by atoms with Gasteiger partial charge in [-0.2, -0.15) is 5.10 Å². The summed E-state index contributed by atoms with van der Waals surface area (Å²) in [6.07, 6.45) is 1.38. The molecule has 2 aromatic carbocycles. The van der Waals surface area contributed by atoms with Crippen LogP contribution in [0.5, 0.6) is 17.4 Å². The molecule has 1 unspecified atom stereocenters. The standard InChI is InChI=1S/C25H33N3O3/c1-5-16-27(17-19(3)29)18-21-22(6-2)26-28(20-12-8-7-9-13-20)25(21)31-24-15-11-10-14-23(24)30-4/h7-15,19,29H,5-6,16-18H2,1-4H3. The molecule has 31 heavy (non-hydrogen) atoms. The minimum absolute atomic E-state index is 0.403. The summed E-state index contributed by atoms with van der Waals surface area (Å²) in [5, 5.41) is 14.9. The lowest BCUT2D eigenvalue weighted by Gasteiger charge is -2.24. The van der Waals surface area contributed by atoms with E-state index < -0.39 is 6.10 Å². The van der Waals surface area contributed by atoms with Gasteiger partial charge in [-0.15, -0.1) is 0 Å². The summed E-state index contributed by atoms with van der Waals surface area (Å²) < 4.78 is 13.8. The van der Waals surface area contributed by atoms with E-state index >= 15 is 0 Å². The average Bonchev–Trinajstić information content (AvgIpc) is 3.11. The molecule has 0 aliphatic rings. The van der Waals surface area contributed by atoms with Gasteiger partial charge in [0.15, 0.2) is 11.5 Å². The molecule has 3 aromatic rings. The molecule has 0 amide bonds. The van der Waals surface area contributed by atoms with Crippen LogP contribution < -0.4 is 9.47 Å². The summed E-state index contributed by atoms with van der Waals surface area (Å²) >= 11 is 0. The van der Waals surface area contributed by atoms with Crippen molar-refractivity contribution in [3.05, 3.63) is 65.9 Å². The van der Waals surface area contributed by atoms with Crippen LogP contribution in [-0.4, -0.2) is 46.1 Å². The highest BCUT2D eigenvalue weighted by atomic mass is 16.5. The van der Waals surface area contributed by atoms with E-state index in [9.17, 15) is 5.11 Å². The van der Waals surface area contributed by atoms with Gasteiger partial charge in [-0.3, -0.25) is 4.90 Å². The zero-order valence-corrected chi connectivity index (χ0v) is 18.9. The molecule has 3 rings (SSSR count). The normalized spacial score (nSPS) is 12.2. The van der Waals surface area contributed by atoms with Gasteiger partial charge in [0, 0.05) is 13.1 Å². The lowest BCUT2D eigenvalue weighted by Crippen LogP contribution is -2.31. The van der Waals surface area contributed by atoms with E-state index in [-0.39, 0.29) is 0 Å². The van der Waals surface area contributed by atoms with Crippen LogP contribution >= 0.6 is 0 Å². The van der Waals surface area contributed by atoms with Crippen molar-refractivity contribution in [3.8, 4) is 23.1 Å². The van der Waals surface area contributed by atoms with Crippen LogP contribution in [0, 0.1) is 0 Å². The Morgan fingerprint density at radius 3 is 2.32 bits per heavy atom. The summed E-state index contributed by atoms with van der Waals surface area (Å²) in [5.74, 6) is 1.99. The first kappa shape index (κ1) is 22.8. The van der Waals surface area contributed by atoms with Gasteiger partial charge in [0.2, 0.25) is 5.88 Å². The molecule has 0 bridgehead atoms. The zero-order chi connectivity index (χ0) is 22.2. The van der Waals surface area contributed by atoms with Crippen LogP contribution in [-0.2, 0) is 13.0 Å². The molecule has 0 fully saturated rings. The Kier molecular flexibility index (Phi) is 8.09. The maximum absolute atomic E-state index is 10.00. The first-order valence-corrected chi connectivity index (χ1v) is 10.9. The van der Waals surface area contributed by atoms with Gasteiger partial charge in [-0.25, -0.2) is 4.68 Å². The van der Waals surface area contributed by atoms with Gasteiger partial charge in [-0.1, -0.05) is 44.2 Å². The van der Waals surface area contributed by atoms with E-state index in [4.69, 9.17) is 14.6 Å². The number of para-hydroxylation sites is 3. The van der Waals surface area contributed by atoms with Crippen molar-refractivity contribution in [1.82, 2.24) is 14.7 Å². The Bertz CT molecular complexity index is 954. The minimum Gasteiger partial charge on any atom is -0.493 e. The second-order valence-electron chi connectivity index (χ2n) is 7.67. The maximum atomic E-state index is 10.00. The largest absolute Gasteiger partial charge is 0.493 e. The Morgan fingerprint density at radius 1 is 1.03 bits per heavy atom. The number of rotatable bonds is 11. The molecule has 0 spiro atoms. The molecule has 6 heteroatoms. The zero-order valence-electron chi connectivity index (χ0n) is 18.9. The SMILES string of the molecule is CCCN(Cc1c(CC)nn(-c2ccccc2)c1Oc1ccccc1OC)CC(C)O. The van der Waals surface area contributed by atoms with Crippen molar-refractivity contribution < 1.29 is 14.6 Å². The fraction of sp³-hybridized carbons (Fsp3) is 0.400. The predicted molar refractivity (Wildman–Crippen MR) is 123 cm³/mol. The number of hydrogen-bond donors (Lipinski definition) is 1. The Hall–Kier alpha value is -2.83. The van der Waals surface area contributed by atoms with E-state index in [0.29, 0.717) is 30.5 Å². The van der Waals surface area contributed by atoms with Gasteiger partial charge >= 0.3 is 0 Å². The number of nitrogens with zero attached hydrogens (tertiary/aromatic N) is 3. The van der Waals surface area contributed by atoms with Gasteiger partial charge in [-0.05, 0) is 50.6 Å². The molecule has 0 saturated heterocycles. The van der Waals surface area contributed by atoms with Crippen molar-refractivity contribution in [2.24, 2.45) is 0 Å². The number of benzene rings is 2. The summed E-state index contributed by atoms with van der Waals surface area (Å²) in [4.78, 5) is 2.26. The van der Waals surface area contributed by atoms with Crippen LogP contribution in [0.2, 0.25) is 0 Å².